The number of alkyl halides is 2. The highest BCUT2D eigenvalue weighted by molar-refractivity contribution is 9.25. The summed E-state index contributed by atoms with van der Waals surface area (Å²) in [5.41, 5.74) is -0.474. The van der Waals surface area contributed by atoms with Crippen molar-refractivity contribution in [3.05, 3.63) is 39.9 Å². The van der Waals surface area contributed by atoms with Crippen LogP contribution in [0.2, 0.25) is 0 Å². The molecule has 0 spiro atoms. The van der Waals surface area contributed by atoms with Crippen molar-refractivity contribution in [1.82, 2.24) is 4.57 Å². The second-order valence-electron chi connectivity index (χ2n) is 6.10. The van der Waals surface area contributed by atoms with E-state index in [-0.39, 0.29) is 34.9 Å². The van der Waals surface area contributed by atoms with Crippen molar-refractivity contribution in [3.8, 4) is 5.75 Å². The molecule has 140 valence electrons. The number of carbonyl (C=O) groups excluding carboxylic acids is 1. The molecule has 1 heterocycles. The molecule has 1 aromatic heterocycles. The van der Waals surface area contributed by atoms with Crippen molar-refractivity contribution >= 4 is 48.7 Å². The van der Waals surface area contributed by atoms with E-state index in [4.69, 9.17) is 9.47 Å². The van der Waals surface area contributed by atoms with Crippen LogP contribution >= 0.6 is 31.9 Å². The van der Waals surface area contributed by atoms with Crippen molar-refractivity contribution in [2.45, 2.75) is 42.6 Å². The number of carbonyl (C=O) groups is 1. The maximum atomic E-state index is 15.2. The molecular formula is C18H18Br2FNO4. The van der Waals surface area contributed by atoms with E-state index in [9.17, 15) is 9.59 Å². The van der Waals surface area contributed by atoms with E-state index in [0.717, 1.165) is 12.8 Å². The maximum Gasteiger partial charge on any atom is 0.343 e. The normalized spacial score (nSPS) is 14.5. The summed E-state index contributed by atoms with van der Waals surface area (Å²) < 4.78 is 26.6. The Hall–Kier alpha value is -1.41. The zero-order valence-electron chi connectivity index (χ0n) is 14.4. The number of nitrogens with zero attached hydrogens (tertiary/aromatic N) is 1. The highest BCUT2D eigenvalue weighted by atomic mass is 79.9. The Bertz CT molecular complexity index is 922. The topological polar surface area (TPSA) is 57.5 Å². The molecule has 1 saturated carbocycles. The minimum absolute atomic E-state index is 0.0192. The first kappa shape index (κ1) is 19.4. The summed E-state index contributed by atoms with van der Waals surface area (Å²) in [7, 11) is 0. The molecule has 3 rings (SSSR count). The summed E-state index contributed by atoms with van der Waals surface area (Å²) in [6, 6.07) is 2.95. The standard InChI is InChI=1S/C18H18Br2FNO4/c1-3-18(19,20)26-13-8-7-11-15(14(13)21)22(10-5-6-10)9-12(16(11)23)17(24)25-4-2/h7-10H,3-6H2,1-2H3. The molecule has 0 atom stereocenters. The third-order valence-corrected chi connectivity index (χ3v) is 5.65. The van der Waals surface area contributed by atoms with Crippen molar-refractivity contribution in [2.24, 2.45) is 0 Å². The van der Waals surface area contributed by atoms with Crippen molar-refractivity contribution in [2.75, 3.05) is 6.61 Å². The number of hydrogen-bond acceptors (Lipinski definition) is 4. The lowest BCUT2D eigenvalue weighted by atomic mass is 10.1. The van der Waals surface area contributed by atoms with E-state index in [1.54, 1.807) is 11.5 Å². The number of ether oxygens (including phenoxy) is 2. The van der Waals surface area contributed by atoms with Gasteiger partial charge >= 0.3 is 5.97 Å². The van der Waals surface area contributed by atoms with Crippen molar-refractivity contribution in [1.29, 1.82) is 0 Å². The van der Waals surface area contributed by atoms with Crippen LogP contribution in [0.5, 0.6) is 5.75 Å². The van der Waals surface area contributed by atoms with Gasteiger partial charge in [0, 0.05) is 24.0 Å². The summed E-state index contributed by atoms with van der Waals surface area (Å²) in [6.45, 7) is 3.70. The number of rotatable bonds is 6. The Labute approximate surface area is 166 Å². The van der Waals surface area contributed by atoms with Crippen molar-refractivity contribution in [3.63, 3.8) is 0 Å². The maximum absolute atomic E-state index is 15.2. The van der Waals surface area contributed by atoms with Gasteiger partial charge in [-0.25, -0.2) is 9.18 Å². The molecular weight excluding hydrogens is 473 g/mol. The molecule has 5 nitrogen and oxygen atoms in total. The van der Waals surface area contributed by atoms with Crippen LogP contribution in [-0.4, -0.2) is 20.6 Å². The highest BCUT2D eigenvalue weighted by Crippen LogP contribution is 2.40. The van der Waals surface area contributed by atoms with Gasteiger partial charge in [0.25, 0.3) is 0 Å². The molecule has 0 aliphatic heterocycles. The molecule has 0 saturated heterocycles. The van der Waals surface area contributed by atoms with E-state index < -0.39 is 20.6 Å². The average Bonchev–Trinajstić information content (AvgIpc) is 3.43. The average molecular weight is 491 g/mol. The number of esters is 1. The van der Waals surface area contributed by atoms with E-state index in [0.29, 0.717) is 6.42 Å². The third kappa shape index (κ3) is 3.67. The second-order valence-corrected chi connectivity index (χ2v) is 9.72. The van der Waals surface area contributed by atoms with Gasteiger partial charge in [-0.05, 0) is 63.8 Å². The van der Waals surface area contributed by atoms with Crippen LogP contribution in [0.3, 0.4) is 0 Å². The number of aromatic nitrogens is 1. The SMILES string of the molecule is CCOC(=O)c1cn(C2CC2)c2c(F)c(OC(Br)(Br)CC)ccc2c1=O. The summed E-state index contributed by atoms with van der Waals surface area (Å²) >= 11 is 6.67. The van der Waals surface area contributed by atoms with Gasteiger partial charge in [-0.2, -0.15) is 0 Å². The first-order valence-electron chi connectivity index (χ1n) is 8.40. The molecule has 26 heavy (non-hydrogen) atoms. The molecule has 0 unspecified atom stereocenters. The molecule has 0 amide bonds. The summed E-state index contributed by atoms with van der Waals surface area (Å²) in [5.74, 6) is -1.30. The lowest BCUT2D eigenvalue weighted by molar-refractivity contribution is 0.0524. The number of hydrogen-bond donors (Lipinski definition) is 0. The predicted octanol–water partition coefficient (Wildman–Crippen LogP) is 4.88. The van der Waals surface area contributed by atoms with Crippen molar-refractivity contribution < 1.29 is 18.7 Å². The smallest absolute Gasteiger partial charge is 0.343 e. The molecule has 1 aliphatic carbocycles. The summed E-state index contributed by atoms with van der Waals surface area (Å²) in [4.78, 5) is 24.8. The van der Waals surface area contributed by atoms with Gasteiger partial charge in [0.1, 0.15) is 5.56 Å². The predicted molar refractivity (Wildman–Crippen MR) is 104 cm³/mol. The Morgan fingerprint density at radius 2 is 2.04 bits per heavy atom. The van der Waals surface area contributed by atoms with Crippen LogP contribution in [0.4, 0.5) is 4.39 Å². The zero-order chi connectivity index (χ0) is 19.1. The number of halogens is 3. The first-order chi connectivity index (χ1) is 12.3. The zero-order valence-corrected chi connectivity index (χ0v) is 17.5. The van der Waals surface area contributed by atoms with Crippen LogP contribution in [0, 0.1) is 5.82 Å². The molecule has 0 radical (unpaired) electrons. The van der Waals surface area contributed by atoms with Crippen LogP contribution in [0.15, 0.2) is 23.1 Å². The van der Waals surface area contributed by atoms with E-state index >= 15 is 4.39 Å². The third-order valence-electron chi connectivity index (χ3n) is 4.20. The number of benzene rings is 1. The fourth-order valence-electron chi connectivity index (χ4n) is 2.70. The molecule has 8 heteroatoms. The van der Waals surface area contributed by atoms with Gasteiger partial charge in [0.15, 0.2) is 11.6 Å². The number of fused-ring (bicyclic) bond motifs is 1. The summed E-state index contributed by atoms with van der Waals surface area (Å²) in [6.07, 6.45) is 3.67. The Kier molecular flexibility index (Phi) is 5.44. The van der Waals surface area contributed by atoms with Gasteiger partial charge < -0.3 is 14.0 Å². The molecule has 0 N–H and O–H groups in total. The largest absolute Gasteiger partial charge is 0.463 e. The molecule has 1 aliphatic rings. The minimum Gasteiger partial charge on any atom is -0.463 e. The van der Waals surface area contributed by atoms with Crippen LogP contribution < -0.4 is 10.2 Å². The van der Waals surface area contributed by atoms with E-state index in [1.165, 1.54) is 18.3 Å². The lowest BCUT2D eigenvalue weighted by Crippen LogP contribution is -2.23. The monoisotopic (exact) mass is 489 g/mol. The van der Waals surface area contributed by atoms with Gasteiger partial charge in [0.2, 0.25) is 8.85 Å². The fourth-order valence-corrected chi connectivity index (χ4v) is 3.04. The van der Waals surface area contributed by atoms with Gasteiger partial charge in [-0.3, -0.25) is 4.79 Å². The minimum atomic E-state index is -0.899. The lowest BCUT2D eigenvalue weighted by Gasteiger charge is -2.22. The fraction of sp³-hybridized carbons (Fsp3) is 0.444. The Balaban J connectivity index is 2.22. The molecule has 2 aromatic rings. The first-order valence-corrected chi connectivity index (χ1v) is 9.99. The van der Waals surface area contributed by atoms with Gasteiger partial charge in [0.05, 0.1) is 12.1 Å². The summed E-state index contributed by atoms with van der Waals surface area (Å²) in [5, 5.41) is 0.138. The Morgan fingerprint density at radius 3 is 2.62 bits per heavy atom. The second kappa shape index (κ2) is 7.31. The van der Waals surface area contributed by atoms with E-state index in [1.807, 2.05) is 6.92 Å². The van der Waals surface area contributed by atoms with Gasteiger partial charge in [-0.15, -0.1) is 0 Å². The molecule has 1 aromatic carbocycles. The highest BCUT2D eigenvalue weighted by Gasteiger charge is 2.30. The van der Waals surface area contributed by atoms with Crippen LogP contribution in [-0.2, 0) is 4.74 Å². The molecule has 1 fully saturated rings. The number of pyridine rings is 1. The Morgan fingerprint density at radius 1 is 1.35 bits per heavy atom. The quantitative estimate of drug-likeness (QED) is 0.427. The van der Waals surface area contributed by atoms with Crippen LogP contribution in [0.25, 0.3) is 10.9 Å². The van der Waals surface area contributed by atoms with E-state index in [2.05, 4.69) is 31.9 Å². The van der Waals surface area contributed by atoms with Crippen LogP contribution in [0.1, 0.15) is 49.5 Å². The van der Waals surface area contributed by atoms with Gasteiger partial charge in [-0.1, -0.05) is 6.92 Å². The molecule has 0 bridgehead atoms.